The fourth-order valence-corrected chi connectivity index (χ4v) is 1.21. The lowest BCUT2D eigenvalue weighted by Gasteiger charge is -2.18. The van der Waals surface area contributed by atoms with Crippen LogP contribution in [0.25, 0.3) is 0 Å². The molecular formula is C12H15NO3. The first-order chi connectivity index (χ1) is 7.35. The van der Waals surface area contributed by atoms with Gasteiger partial charge in [0.15, 0.2) is 0 Å². The minimum absolute atomic E-state index is 0.0182. The number of carbonyl (C=O) groups is 1. The van der Waals surface area contributed by atoms with Crippen LogP contribution in [0.3, 0.4) is 0 Å². The van der Waals surface area contributed by atoms with Gasteiger partial charge in [-0.3, -0.25) is 5.32 Å². The molecule has 2 N–H and O–H groups in total. The smallest absolute Gasteiger partial charge is 0.372 e. The normalized spacial score (nSPS) is 11.1. The second-order valence-electron chi connectivity index (χ2n) is 4.15. The van der Waals surface area contributed by atoms with E-state index in [2.05, 4.69) is 11.2 Å². The Morgan fingerprint density at radius 3 is 2.75 bits per heavy atom. The molecule has 1 aromatic heterocycles. The molecular weight excluding hydrogens is 206 g/mol. The van der Waals surface area contributed by atoms with Crippen molar-refractivity contribution < 1.29 is 14.3 Å². The number of furan rings is 1. The molecule has 0 aromatic carbocycles. The first kappa shape index (κ1) is 12.3. The van der Waals surface area contributed by atoms with Crippen molar-refractivity contribution in [2.45, 2.75) is 32.9 Å². The number of hydrogen-bond donors (Lipinski definition) is 2. The summed E-state index contributed by atoms with van der Waals surface area (Å²) in [6, 6.07) is 1.70. The summed E-state index contributed by atoms with van der Waals surface area (Å²) in [5.41, 5.74) is 0.173. The molecule has 86 valence electrons. The zero-order valence-corrected chi connectivity index (χ0v) is 9.63. The standard InChI is InChI=1S/C12H15NO3/c1-5-12(3,4)13-7-9-6-8(2)10(16-9)11(14)15/h1,6,13H,7H2,2-4H3,(H,14,15). The monoisotopic (exact) mass is 221 g/mol. The Morgan fingerprint density at radius 1 is 1.69 bits per heavy atom. The van der Waals surface area contributed by atoms with E-state index in [9.17, 15) is 4.79 Å². The van der Waals surface area contributed by atoms with Crippen LogP contribution in [0, 0.1) is 19.3 Å². The molecule has 16 heavy (non-hydrogen) atoms. The number of carboxylic acids is 1. The number of rotatable bonds is 4. The molecule has 1 heterocycles. The van der Waals surface area contributed by atoms with Gasteiger partial charge in [-0.2, -0.15) is 0 Å². The summed E-state index contributed by atoms with van der Waals surface area (Å²) < 4.78 is 5.19. The van der Waals surface area contributed by atoms with E-state index in [4.69, 9.17) is 15.9 Å². The van der Waals surface area contributed by atoms with E-state index in [1.165, 1.54) is 0 Å². The average Bonchev–Trinajstić information content (AvgIpc) is 2.57. The molecule has 0 saturated heterocycles. The Hall–Kier alpha value is -1.73. The number of terminal acetylenes is 1. The van der Waals surface area contributed by atoms with Gasteiger partial charge in [-0.25, -0.2) is 4.79 Å². The van der Waals surface area contributed by atoms with E-state index >= 15 is 0 Å². The molecule has 0 amide bonds. The average molecular weight is 221 g/mol. The molecule has 4 nitrogen and oxygen atoms in total. The van der Waals surface area contributed by atoms with Gasteiger partial charge in [0.2, 0.25) is 5.76 Å². The molecule has 0 fully saturated rings. The summed E-state index contributed by atoms with van der Waals surface area (Å²) in [4.78, 5) is 10.7. The lowest BCUT2D eigenvalue weighted by atomic mass is 10.1. The number of carboxylic acid groups (broad SMARTS) is 1. The fraction of sp³-hybridized carbons (Fsp3) is 0.417. The van der Waals surface area contributed by atoms with E-state index in [1.54, 1.807) is 13.0 Å². The van der Waals surface area contributed by atoms with Crippen LogP contribution in [0.4, 0.5) is 0 Å². The summed E-state index contributed by atoms with van der Waals surface area (Å²) in [7, 11) is 0. The first-order valence-electron chi connectivity index (χ1n) is 4.91. The van der Waals surface area contributed by atoms with Crippen LogP contribution in [0.15, 0.2) is 10.5 Å². The highest BCUT2D eigenvalue weighted by Crippen LogP contribution is 2.15. The van der Waals surface area contributed by atoms with Crippen LogP contribution < -0.4 is 5.32 Å². The lowest BCUT2D eigenvalue weighted by Crippen LogP contribution is -2.36. The van der Waals surface area contributed by atoms with Crippen LogP contribution in [0.2, 0.25) is 0 Å². The van der Waals surface area contributed by atoms with Crippen molar-refractivity contribution in [3.8, 4) is 12.3 Å². The number of aromatic carboxylic acids is 1. The summed E-state index contributed by atoms with van der Waals surface area (Å²) >= 11 is 0. The van der Waals surface area contributed by atoms with Crippen LogP contribution in [0.5, 0.6) is 0 Å². The quantitative estimate of drug-likeness (QED) is 0.761. The molecule has 0 atom stereocenters. The first-order valence-corrected chi connectivity index (χ1v) is 4.91. The SMILES string of the molecule is C#CC(C)(C)NCc1cc(C)c(C(=O)O)o1. The largest absolute Gasteiger partial charge is 0.475 e. The van der Waals surface area contributed by atoms with Gasteiger partial charge in [-0.15, -0.1) is 6.42 Å². The van der Waals surface area contributed by atoms with Crippen LogP contribution in [0.1, 0.15) is 35.7 Å². The highest BCUT2D eigenvalue weighted by atomic mass is 16.4. The van der Waals surface area contributed by atoms with Crippen molar-refractivity contribution in [1.29, 1.82) is 0 Å². The molecule has 0 spiro atoms. The Kier molecular flexibility index (Phi) is 3.41. The van der Waals surface area contributed by atoms with Crippen LogP contribution in [-0.4, -0.2) is 16.6 Å². The summed E-state index contributed by atoms with van der Waals surface area (Å²) in [6.45, 7) is 5.83. The molecule has 4 heteroatoms. The minimum Gasteiger partial charge on any atom is -0.475 e. The summed E-state index contributed by atoms with van der Waals surface area (Å²) in [5.74, 6) is 2.08. The van der Waals surface area contributed by atoms with Gasteiger partial charge in [-0.1, -0.05) is 5.92 Å². The number of hydrogen-bond acceptors (Lipinski definition) is 3. The number of aryl methyl sites for hydroxylation is 1. The molecule has 0 aliphatic rings. The zero-order chi connectivity index (χ0) is 12.3. The van der Waals surface area contributed by atoms with Crippen molar-refractivity contribution in [2.24, 2.45) is 0 Å². The second kappa shape index (κ2) is 4.42. The third-order valence-electron chi connectivity index (χ3n) is 2.23. The van der Waals surface area contributed by atoms with Crippen molar-refractivity contribution >= 4 is 5.97 Å². The van der Waals surface area contributed by atoms with E-state index in [1.807, 2.05) is 13.8 Å². The third kappa shape index (κ3) is 2.88. The zero-order valence-electron chi connectivity index (χ0n) is 9.63. The predicted octanol–water partition coefficient (Wildman–Crippen LogP) is 1.79. The van der Waals surface area contributed by atoms with Gasteiger partial charge in [-0.05, 0) is 26.8 Å². The van der Waals surface area contributed by atoms with Gasteiger partial charge < -0.3 is 9.52 Å². The Labute approximate surface area is 94.7 Å². The van der Waals surface area contributed by atoms with Gasteiger partial charge in [0.1, 0.15) is 5.76 Å². The van der Waals surface area contributed by atoms with Crippen molar-refractivity contribution in [3.05, 3.63) is 23.2 Å². The van der Waals surface area contributed by atoms with E-state index in [-0.39, 0.29) is 5.76 Å². The predicted molar refractivity (Wildman–Crippen MR) is 60.2 cm³/mol. The maximum absolute atomic E-state index is 10.7. The highest BCUT2D eigenvalue weighted by Gasteiger charge is 2.17. The van der Waals surface area contributed by atoms with Crippen molar-refractivity contribution in [2.75, 3.05) is 0 Å². The van der Waals surface area contributed by atoms with Gasteiger partial charge >= 0.3 is 5.97 Å². The molecule has 0 saturated carbocycles. The topological polar surface area (TPSA) is 62.5 Å². The van der Waals surface area contributed by atoms with Crippen molar-refractivity contribution in [1.82, 2.24) is 5.32 Å². The summed E-state index contributed by atoms with van der Waals surface area (Å²) in [6.07, 6.45) is 5.32. The second-order valence-corrected chi connectivity index (χ2v) is 4.15. The molecule has 1 aromatic rings. The lowest BCUT2D eigenvalue weighted by molar-refractivity contribution is 0.0659. The maximum atomic E-state index is 10.7. The Bertz CT molecular complexity index is 438. The van der Waals surface area contributed by atoms with Gasteiger partial charge in [0, 0.05) is 5.56 Å². The maximum Gasteiger partial charge on any atom is 0.372 e. The molecule has 0 radical (unpaired) electrons. The minimum atomic E-state index is -1.06. The molecule has 1 rings (SSSR count). The Balaban J connectivity index is 2.74. The molecule has 0 aliphatic carbocycles. The summed E-state index contributed by atoms with van der Waals surface area (Å²) in [5, 5.41) is 11.9. The third-order valence-corrected chi connectivity index (χ3v) is 2.23. The highest BCUT2D eigenvalue weighted by molar-refractivity contribution is 5.86. The molecule has 0 unspecified atom stereocenters. The van der Waals surface area contributed by atoms with Gasteiger partial charge in [0.25, 0.3) is 0 Å². The van der Waals surface area contributed by atoms with Crippen LogP contribution in [-0.2, 0) is 6.54 Å². The van der Waals surface area contributed by atoms with E-state index in [0.717, 1.165) is 0 Å². The van der Waals surface area contributed by atoms with E-state index < -0.39 is 11.5 Å². The molecule has 0 aliphatic heterocycles. The molecule has 0 bridgehead atoms. The Morgan fingerprint density at radius 2 is 2.31 bits per heavy atom. The van der Waals surface area contributed by atoms with Gasteiger partial charge in [0.05, 0.1) is 12.1 Å². The van der Waals surface area contributed by atoms with Crippen LogP contribution >= 0.6 is 0 Å². The number of nitrogens with one attached hydrogen (secondary N) is 1. The van der Waals surface area contributed by atoms with Crippen molar-refractivity contribution in [3.63, 3.8) is 0 Å². The fourth-order valence-electron chi connectivity index (χ4n) is 1.21. The van der Waals surface area contributed by atoms with E-state index in [0.29, 0.717) is 17.9 Å².